The van der Waals surface area contributed by atoms with E-state index in [0.29, 0.717) is 12.1 Å². The van der Waals surface area contributed by atoms with Gasteiger partial charge in [-0.3, -0.25) is 10.1 Å². The van der Waals surface area contributed by atoms with Crippen molar-refractivity contribution in [3.63, 3.8) is 0 Å². The van der Waals surface area contributed by atoms with Crippen LogP contribution in [0.3, 0.4) is 0 Å². The van der Waals surface area contributed by atoms with E-state index < -0.39 is 24.0 Å². The molecule has 9 heteroatoms. The zero-order valence-corrected chi connectivity index (χ0v) is 14.6. The van der Waals surface area contributed by atoms with E-state index in [2.05, 4.69) is 20.2 Å². The Morgan fingerprint density at radius 1 is 1.24 bits per heavy atom. The highest BCUT2D eigenvalue weighted by atomic mass is 32.1. The highest BCUT2D eigenvalue weighted by Crippen LogP contribution is 2.13. The minimum Gasteiger partial charge on any atom is -0.448 e. The van der Waals surface area contributed by atoms with Gasteiger partial charge in [-0.05, 0) is 30.4 Å². The lowest BCUT2D eigenvalue weighted by molar-refractivity contribution is -0.127. The molecule has 1 aromatic carbocycles. The number of benzene rings is 1. The maximum atomic E-state index is 12.0. The molecule has 0 aliphatic carbocycles. The van der Waals surface area contributed by atoms with E-state index in [-0.39, 0.29) is 11.4 Å². The van der Waals surface area contributed by atoms with Crippen LogP contribution in [0.5, 0.6) is 0 Å². The molecule has 8 nitrogen and oxygen atoms in total. The summed E-state index contributed by atoms with van der Waals surface area (Å²) in [4.78, 5) is 36.0. The summed E-state index contributed by atoms with van der Waals surface area (Å²) in [7, 11) is 0. The number of amides is 3. The van der Waals surface area contributed by atoms with Gasteiger partial charge in [-0.1, -0.05) is 41.7 Å². The van der Waals surface area contributed by atoms with E-state index in [1.54, 1.807) is 0 Å². The van der Waals surface area contributed by atoms with E-state index in [1.165, 1.54) is 6.92 Å². The number of urea groups is 1. The van der Waals surface area contributed by atoms with Crippen molar-refractivity contribution in [3.8, 4) is 0 Å². The fraction of sp³-hybridized carbons (Fsp3) is 0.312. The number of hydrogen-bond donors (Lipinski definition) is 2. The van der Waals surface area contributed by atoms with Gasteiger partial charge in [0.25, 0.3) is 5.91 Å². The Morgan fingerprint density at radius 3 is 2.64 bits per heavy atom. The summed E-state index contributed by atoms with van der Waals surface area (Å²) in [6.07, 6.45) is -0.592. The molecular formula is C16H18N4O4S. The van der Waals surface area contributed by atoms with Crippen LogP contribution in [0.2, 0.25) is 0 Å². The van der Waals surface area contributed by atoms with Gasteiger partial charge in [-0.2, -0.15) is 0 Å². The van der Waals surface area contributed by atoms with Gasteiger partial charge >= 0.3 is 12.0 Å². The topological polar surface area (TPSA) is 110 Å². The largest absolute Gasteiger partial charge is 0.448 e. The number of carbonyl (C=O) groups excluding carboxylic acids is 3. The molecule has 0 unspecified atom stereocenters. The predicted molar refractivity (Wildman–Crippen MR) is 91.0 cm³/mol. The molecule has 132 valence electrons. The molecule has 0 radical (unpaired) electrons. The highest BCUT2D eigenvalue weighted by Gasteiger charge is 2.23. The third-order valence-electron chi connectivity index (χ3n) is 3.26. The fourth-order valence-corrected chi connectivity index (χ4v) is 2.53. The summed E-state index contributed by atoms with van der Waals surface area (Å²) in [5.41, 5.74) is 1.41. The number of aromatic nitrogens is 2. The van der Waals surface area contributed by atoms with Crippen molar-refractivity contribution in [2.45, 2.75) is 32.9 Å². The molecule has 2 N–H and O–H groups in total. The minimum atomic E-state index is -1.12. The number of aryl methyl sites for hydroxylation is 1. The Labute approximate surface area is 148 Å². The van der Waals surface area contributed by atoms with Crippen LogP contribution in [-0.4, -0.2) is 33.6 Å². The first-order valence-electron chi connectivity index (χ1n) is 7.66. The average Bonchev–Trinajstić information content (AvgIpc) is 3.09. The van der Waals surface area contributed by atoms with Crippen molar-refractivity contribution in [3.05, 3.63) is 46.5 Å². The van der Waals surface area contributed by atoms with Crippen molar-refractivity contribution in [1.82, 2.24) is 20.2 Å². The van der Waals surface area contributed by atoms with E-state index in [0.717, 1.165) is 17.1 Å². The summed E-state index contributed by atoms with van der Waals surface area (Å²) in [6.45, 7) is 3.50. The number of imide groups is 1. The van der Waals surface area contributed by atoms with E-state index >= 15 is 0 Å². The van der Waals surface area contributed by atoms with E-state index in [1.807, 2.05) is 37.3 Å². The summed E-state index contributed by atoms with van der Waals surface area (Å²) in [5, 5.41) is 8.50. The van der Waals surface area contributed by atoms with E-state index in [4.69, 9.17) is 4.74 Å². The lowest BCUT2D eigenvalue weighted by atomic mass is 10.2. The summed E-state index contributed by atoms with van der Waals surface area (Å²) >= 11 is 0.909. The van der Waals surface area contributed by atoms with Crippen molar-refractivity contribution >= 4 is 29.4 Å². The molecule has 1 heterocycles. The quantitative estimate of drug-likeness (QED) is 0.757. The molecule has 0 bridgehead atoms. The fourth-order valence-electron chi connectivity index (χ4n) is 1.90. The first-order chi connectivity index (χ1) is 12.0. The summed E-state index contributed by atoms with van der Waals surface area (Å²) < 4.78 is 8.76. The number of carbonyl (C=O) groups is 3. The van der Waals surface area contributed by atoms with Gasteiger partial charge in [0.2, 0.25) is 0 Å². The van der Waals surface area contributed by atoms with Crippen LogP contribution in [0, 0.1) is 0 Å². The Bertz CT molecular complexity index is 748. The maximum Gasteiger partial charge on any atom is 0.352 e. The molecule has 0 saturated heterocycles. The first kappa shape index (κ1) is 18.5. The van der Waals surface area contributed by atoms with Crippen LogP contribution in [0.1, 0.15) is 34.8 Å². The third-order valence-corrected chi connectivity index (χ3v) is 4.01. The molecule has 1 aromatic heterocycles. The molecule has 0 saturated carbocycles. The van der Waals surface area contributed by atoms with Crippen molar-refractivity contribution in [2.24, 2.45) is 0 Å². The van der Waals surface area contributed by atoms with Crippen LogP contribution < -0.4 is 10.6 Å². The number of nitrogens with zero attached hydrogens (tertiary/aromatic N) is 2. The number of ether oxygens (including phenoxy) is 1. The molecule has 25 heavy (non-hydrogen) atoms. The Kier molecular flexibility index (Phi) is 6.58. The van der Waals surface area contributed by atoms with Gasteiger partial charge in [-0.15, -0.1) is 5.10 Å². The normalized spacial score (nSPS) is 11.4. The van der Waals surface area contributed by atoms with Crippen LogP contribution in [0.4, 0.5) is 4.79 Å². The minimum absolute atomic E-state index is 0.260. The van der Waals surface area contributed by atoms with Crippen molar-refractivity contribution in [2.75, 3.05) is 0 Å². The summed E-state index contributed by atoms with van der Waals surface area (Å²) in [6, 6.07) is 8.60. The van der Waals surface area contributed by atoms with Crippen molar-refractivity contribution in [1.29, 1.82) is 0 Å². The SMILES string of the molecule is CCc1nnsc1C(=O)O[C@@H](C)C(=O)NC(=O)NCc1ccccc1. The molecule has 0 fully saturated rings. The van der Waals surface area contributed by atoms with Gasteiger partial charge in [0.05, 0.1) is 5.69 Å². The maximum absolute atomic E-state index is 12.0. The molecule has 2 rings (SSSR count). The van der Waals surface area contributed by atoms with Crippen LogP contribution >= 0.6 is 11.5 Å². The zero-order chi connectivity index (χ0) is 18.2. The standard InChI is InChI=1S/C16H18N4O4S/c1-3-12-13(25-20-19-12)15(22)24-10(2)14(21)18-16(23)17-9-11-7-5-4-6-8-11/h4-8,10H,3,9H2,1-2H3,(H2,17,18,21,23)/t10-/m0/s1. The molecule has 0 aliphatic heterocycles. The first-order valence-corrected chi connectivity index (χ1v) is 8.43. The number of hydrogen-bond acceptors (Lipinski definition) is 7. The average molecular weight is 362 g/mol. The van der Waals surface area contributed by atoms with Crippen molar-refractivity contribution < 1.29 is 19.1 Å². The Hall–Kier alpha value is -2.81. The summed E-state index contributed by atoms with van der Waals surface area (Å²) in [5.74, 6) is -1.39. The molecule has 0 aliphatic rings. The van der Waals surface area contributed by atoms with E-state index in [9.17, 15) is 14.4 Å². The smallest absolute Gasteiger partial charge is 0.352 e. The second-order valence-electron chi connectivity index (χ2n) is 5.11. The Morgan fingerprint density at radius 2 is 1.96 bits per heavy atom. The number of rotatable bonds is 6. The molecular weight excluding hydrogens is 344 g/mol. The van der Waals surface area contributed by atoms with Gasteiger partial charge in [-0.25, -0.2) is 9.59 Å². The predicted octanol–water partition coefficient (Wildman–Crippen LogP) is 1.67. The monoisotopic (exact) mass is 362 g/mol. The number of esters is 1. The zero-order valence-electron chi connectivity index (χ0n) is 13.8. The lowest BCUT2D eigenvalue weighted by Crippen LogP contribution is -2.44. The molecule has 1 atom stereocenters. The molecule has 0 spiro atoms. The highest BCUT2D eigenvalue weighted by molar-refractivity contribution is 7.07. The lowest BCUT2D eigenvalue weighted by Gasteiger charge is -2.13. The molecule has 2 aromatic rings. The molecule has 3 amide bonds. The van der Waals surface area contributed by atoms with Crippen LogP contribution in [0.15, 0.2) is 30.3 Å². The van der Waals surface area contributed by atoms with Gasteiger partial charge in [0, 0.05) is 6.54 Å². The number of nitrogens with one attached hydrogen (secondary N) is 2. The van der Waals surface area contributed by atoms with Gasteiger partial charge in [0.15, 0.2) is 11.0 Å². The van der Waals surface area contributed by atoms with Gasteiger partial charge in [0.1, 0.15) is 0 Å². The second-order valence-corrected chi connectivity index (χ2v) is 5.86. The van der Waals surface area contributed by atoms with Gasteiger partial charge < -0.3 is 10.1 Å². The Balaban J connectivity index is 1.81. The van der Waals surface area contributed by atoms with Crippen LogP contribution in [0.25, 0.3) is 0 Å². The third kappa shape index (κ3) is 5.35. The van der Waals surface area contributed by atoms with Crippen LogP contribution in [-0.2, 0) is 22.5 Å². The second kappa shape index (κ2) is 8.88.